The van der Waals surface area contributed by atoms with Gasteiger partial charge in [0.05, 0.1) is 0 Å². The van der Waals surface area contributed by atoms with Crippen LogP contribution in [0, 0.1) is 0 Å². The smallest absolute Gasteiger partial charge is 0.219 e. The maximum Gasteiger partial charge on any atom is 0.219 e. The van der Waals surface area contributed by atoms with Crippen molar-refractivity contribution in [2.24, 2.45) is 5.73 Å². The number of hydrogen-bond acceptors (Lipinski definition) is 3. The molecule has 1 aliphatic heterocycles. The largest absolute Gasteiger partial charge is 0.340 e. The lowest BCUT2D eigenvalue weighted by Gasteiger charge is -2.35. The van der Waals surface area contributed by atoms with Crippen molar-refractivity contribution >= 4 is 5.91 Å². The highest BCUT2D eigenvalue weighted by Crippen LogP contribution is 2.15. The average molecular weight is 289 g/mol. The summed E-state index contributed by atoms with van der Waals surface area (Å²) in [5, 5.41) is 0. The summed E-state index contributed by atoms with van der Waals surface area (Å²) in [4.78, 5) is 15.6. The van der Waals surface area contributed by atoms with E-state index >= 15 is 0 Å². The van der Waals surface area contributed by atoms with Crippen LogP contribution in [0.2, 0.25) is 0 Å². The van der Waals surface area contributed by atoms with Crippen molar-refractivity contribution in [1.82, 2.24) is 9.80 Å². The van der Waals surface area contributed by atoms with E-state index in [4.69, 9.17) is 5.73 Å². The molecule has 1 amide bonds. The molecule has 4 nitrogen and oxygen atoms in total. The van der Waals surface area contributed by atoms with Crippen LogP contribution in [0.5, 0.6) is 0 Å². The Balaban J connectivity index is 1.84. The molecule has 2 rings (SSSR count). The van der Waals surface area contributed by atoms with Crippen LogP contribution in [0.3, 0.4) is 0 Å². The van der Waals surface area contributed by atoms with Crippen LogP contribution in [0.15, 0.2) is 24.3 Å². The maximum absolute atomic E-state index is 11.3. The molecule has 1 aromatic carbocycles. The van der Waals surface area contributed by atoms with E-state index in [9.17, 15) is 4.79 Å². The van der Waals surface area contributed by atoms with Gasteiger partial charge in [-0.25, -0.2) is 0 Å². The van der Waals surface area contributed by atoms with Gasteiger partial charge in [-0.2, -0.15) is 0 Å². The van der Waals surface area contributed by atoms with Gasteiger partial charge in [0, 0.05) is 45.7 Å². The van der Waals surface area contributed by atoms with Crippen LogP contribution in [0.25, 0.3) is 0 Å². The molecule has 4 heteroatoms. The topological polar surface area (TPSA) is 49.6 Å². The first-order chi connectivity index (χ1) is 10.1. The van der Waals surface area contributed by atoms with Gasteiger partial charge in [0.15, 0.2) is 0 Å². The van der Waals surface area contributed by atoms with E-state index < -0.39 is 0 Å². The minimum Gasteiger partial charge on any atom is -0.340 e. The molecule has 0 bridgehead atoms. The highest BCUT2D eigenvalue weighted by Gasteiger charge is 2.20. The van der Waals surface area contributed by atoms with E-state index in [1.54, 1.807) is 6.92 Å². The van der Waals surface area contributed by atoms with Crippen molar-refractivity contribution in [2.75, 3.05) is 32.7 Å². The molecule has 0 aliphatic carbocycles. The minimum absolute atomic E-state index is 0.0459. The third-order valence-electron chi connectivity index (χ3n) is 4.22. The van der Waals surface area contributed by atoms with Gasteiger partial charge in [-0.05, 0) is 17.5 Å². The summed E-state index contributed by atoms with van der Waals surface area (Å²) < 4.78 is 0. The number of piperazine rings is 1. The Hall–Kier alpha value is -1.39. The Morgan fingerprint density at radius 1 is 1.19 bits per heavy atom. The van der Waals surface area contributed by atoms with Gasteiger partial charge in [-0.3, -0.25) is 9.69 Å². The van der Waals surface area contributed by atoms with Gasteiger partial charge in [0.2, 0.25) is 5.91 Å². The number of carbonyl (C=O) groups excluding carboxylic acids is 1. The Labute approximate surface area is 127 Å². The van der Waals surface area contributed by atoms with Gasteiger partial charge in [0.1, 0.15) is 0 Å². The molecule has 1 heterocycles. The van der Waals surface area contributed by atoms with Crippen LogP contribution < -0.4 is 5.73 Å². The molecule has 116 valence electrons. The second kappa shape index (κ2) is 7.57. The molecular weight excluding hydrogens is 262 g/mol. The molecule has 1 atom stereocenters. The molecule has 0 saturated carbocycles. The number of carbonyl (C=O) groups is 1. The van der Waals surface area contributed by atoms with Crippen LogP contribution in [-0.2, 0) is 11.2 Å². The molecular formula is C17H27N3O. The predicted octanol–water partition coefficient (Wildman–Crippen LogP) is 1.80. The monoisotopic (exact) mass is 289 g/mol. The Kier molecular flexibility index (Phi) is 5.76. The molecule has 0 aromatic heterocycles. The number of nitrogens with two attached hydrogens (primary N) is 1. The summed E-state index contributed by atoms with van der Waals surface area (Å²) in [6, 6.07) is 8.73. The van der Waals surface area contributed by atoms with Crippen molar-refractivity contribution in [2.45, 2.75) is 32.7 Å². The number of aryl methyl sites for hydroxylation is 1. The predicted molar refractivity (Wildman–Crippen MR) is 86.1 cm³/mol. The average Bonchev–Trinajstić information content (AvgIpc) is 2.49. The third kappa shape index (κ3) is 4.55. The van der Waals surface area contributed by atoms with E-state index in [0.717, 1.165) is 39.1 Å². The second-order valence-electron chi connectivity index (χ2n) is 5.90. The molecule has 1 unspecified atom stereocenters. The first-order valence-electron chi connectivity index (χ1n) is 7.92. The van der Waals surface area contributed by atoms with E-state index in [2.05, 4.69) is 36.1 Å². The SMILES string of the molecule is CCCc1ccc(C(N)CN2CCN(C(C)=O)CC2)cc1. The van der Waals surface area contributed by atoms with Crippen molar-refractivity contribution in [3.05, 3.63) is 35.4 Å². The van der Waals surface area contributed by atoms with Gasteiger partial charge in [-0.1, -0.05) is 37.6 Å². The zero-order valence-electron chi connectivity index (χ0n) is 13.2. The van der Waals surface area contributed by atoms with E-state index in [1.165, 1.54) is 17.5 Å². The zero-order valence-corrected chi connectivity index (χ0v) is 13.2. The molecule has 2 N–H and O–H groups in total. The minimum atomic E-state index is 0.0459. The van der Waals surface area contributed by atoms with Gasteiger partial charge >= 0.3 is 0 Å². The van der Waals surface area contributed by atoms with Crippen molar-refractivity contribution < 1.29 is 4.79 Å². The third-order valence-corrected chi connectivity index (χ3v) is 4.22. The quantitative estimate of drug-likeness (QED) is 0.899. The fourth-order valence-electron chi connectivity index (χ4n) is 2.85. The first-order valence-corrected chi connectivity index (χ1v) is 7.92. The molecule has 1 saturated heterocycles. The first kappa shape index (κ1) is 16.0. The summed E-state index contributed by atoms with van der Waals surface area (Å²) in [5.41, 5.74) is 8.90. The summed E-state index contributed by atoms with van der Waals surface area (Å²) in [7, 11) is 0. The fourth-order valence-corrected chi connectivity index (χ4v) is 2.85. The highest BCUT2D eigenvalue weighted by molar-refractivity contribution is 5.73. The van der Waals surface area contributed by atoms with Gasteiger partial charge in [-0.15, -0.1) is 0 Å². The number of amides is 1. The Morgan fingerprint density at radius 3 is 2.33 bits per heavy atom. The maximum atomic E-state index is 11.3. The fraction of sp³-hybridized carbons (Fsp3) is 0.588. The van der Waals surface area contributed by atoms with Crippen molar-refractivity contribution in [3.63, 3.8) is 0 Å². The standard InChI is InChI=1S/C17H27N3O/c1-3-4-15-5-7-16(8-6-15)17(18)13-19-9-11-20(12-10-19)14(2)21/h5-8,17H,3-4,9-13,18H2,1-2H3. The van der Waals surface area contributed by atoms with E-state index in [0.29, 0.717) is 0 Å². The molecule has 0 spiro atoms. The number of rotatable bonds is 5. The number of benzene rings is 1. The highest BCUT2D eigenvalue weighted by atomic mass is 16.2. The molecule has 1 fully saturated rings. The lowest BCUT2D eigenvalue weighted by Crippen LogP contribution is -2.49. The lowest BCUT2D eigenvalue weighted by atomic mass is 10.0. The van der Waals surface area contributed by atoms with E-state index in [1.807, 2.05) is 4.90 Å². The van der Waals surface area contributed by atoms with Crippen LogP contribution in [0.4, 0.5) is 0 Å². The van der Waals surface area contributed by atoms with Crippen LogP contribution in [-0.4, -0.2) is 48.4 Å². The normalized spacial score (nSPS) is 17.8. The summed E-state index contributed by atoms with van der Waals surface area (Å²) in [5.74, 6) is 0.172. The van der Waals surface area contributed by atoms with Gasteiger partial charge in [0.25, 0.3) is 0 Å². The van der Waals surface area contributed by atoms with Gasteiger partial charge < -0.3 is 10.6 Å². The van der Waals surface area contributed by atoms with Crippen LogP contribution in [0.1, 0.15) is 37.4 Å². The zero-order chi connectivity index (χ0) is 15.2. The number of nitrogens with zero attached hydrogens (tertiary/aromatic N) is 2. The second-order valence-corrected chi connectivity index (χ2v) is 5.90. The summed E-state index contributed by atoms with van der Waals surface area (Å²) >= 11 is 0. The summed E-state index contributed by atoms with van der Waals surface area (Å²) in [6.45, 7) is 8.16. The van der Waals surface area contributed by atoms with E-state index in [-0.39, 0.29) is 11.9 Å². The molecule has 1 aliphatic rings. The van der Waals surface area contributed by atoms with Crippen molar-refractivity contribution in [1.29, 1.82) is 0 Å². The summed E-state index contributed by atoms with van der Waals surface area (Å²) in [6.07, 6.45) is 2.30. The molecule has 0 radical (unpaired) electrons. The number of hydrogen-bond donors (Lipinski definition) is 1. The molecule has 21 heavy (non-hydrogen) atoms. The lowest BCUT2D eigenvalue weighted by molar-refractivity contribution is -0.130. The van der Waals surface area contributed by atoms with Crippen LogP contribution >= 0.6 is 0 Å². The molecule has 1 aromatic rings. The van der Waals surface area contributed by atoms with Crippen molar-refractivity contribution in [3.8, 4) is 0 Å². The Bertz CT molecular complexity index is 450. The Morgan fingerprint density at radius 2 is 1.81 bits per heavy atom.